The Morgan fingerprint density at radius 2 is 1.75 bits per heavy atom. The Balaban J connectivity index is 2.38. The van der Waals surface area contributed by atoms with Crippen molar-refractivity contribution in [3.63, 3.8) is 0 Å². The highest BCUT2D eigenvalue weighted by atomic mass is 16.5. The number of amides is 1. The predicted molar refractivity (Wildman–Crippen MR) is 97.4 cm³/mol. The van der Waals surface area contributed by atoms with Crippen LogP contribution in [-0.4, -0.2) is 17.8 Å². The van der Waals surface area contributed by atoms with E-state index in [1.807, 2.05) is 6.92 Å². The van der Waals surface area contributed by atoms with E-state index >= 15 is 0 Å². The van der Waals surface area contributed by atoms with Gasteiger partial charge in [-0.25, -0.2) is 0 Å². The monoisotopic (exact) mass is 335 g/mol. The molecule has 0 saturated carbocycles. The van der Waals surface area contributed by atoms with E-state index < -0.39 is 6.10 Å². The van der Waals surface area contributed by atoms with Gasteiger partial charge in [-0.1, -0.05) is 57.9 Å². The summed E-state index contributed by atoms with van der Waals surface area (Å²) in [6, 6.07) is 0. The number of rotatable bonds is 12. The fourth-order valence-corrected chi connectivity index (χ4v) is 2.77. The molecule has 0 aromatic heterocycles. The van der Waals surface area contributed by atoms with Crippen LogP contribution in [0.1, 0.15) is 85.0 Å². The number of hydrogen-bond acceptors (Lipinski definition) is 3. The summed E-state index contributed by atoms with van der Waals surface area (Å²) < 4.78 is 5.55. The normalized spacial score (nSPS) is 19.5. The van der Waals surface area contributed by atoms with Crippen molar-refractivity contribution in [1.29, 1.82) is 0 Å². The van der Waals surface area contributed by atoms with Crippen LogP contribution in [0.4, 0.5) is 0 Å². The maximum atomic E-state index is 12.0. The number of nitrogens with one attached hydrogen (secondary N) is 1. The van der Waals surface area contributed by atoms with Crippen molar-refractivity contribution in [3.8, 4) is 0 Å². The number of allylic oxidation sites excluding steroid dienone is 3. The fourth-order valence-electron chi connectivity index (χ4n) is 2.77. The Hall–Kier alpha value is -1.58. The standard InChI is InChI=1S/C20H33NO3/c1-4-6-8-9-11-12-16(3)14-17(22)15-19-21-20(23)18(24-19)13-10-7-5-2/h14-15,18H,4-13H2,1-3H3,(H,21,23)/b16-14+,19-15-. The van der Waals surface area contributed by atoms with Gasteiger partial charge in [-0.3, -0.25) is 14.9 Å². The number of carbonyl (C=O) groups excluding carboxylic acids is 2. The first-order chi connectivity index (χ1) is 11.6. The van der Waals surface area contributed by atoms with E-state index in [-0.39, 0.29) is 11.7 Å². The maximum Gasteiger partial charge on any atom is 0.267 e. The van der Waals surface area contributed by atoms with Crippen LogP contribution in [0.3, 0.4) is 0 Å². The second-order valence-electron chi connectivity index (χ2n) is 6.66. The molecule has 1 saturated heterocycles. The minimum atomic E-state index is -0.445. The first-order valence-electron chi connectivity index (χ1n) is 9.47. The van der Waals surface area contributed by atoms with Crippen molar-refractivity contribution in [2.75, 3.05) is 0 Å². The summed E-state index contributed by atoms with van der Waals surface area (Å²) in [6.45, 7) is 6.31. The summed E-state index contributed by atoms with van der Waals surface area (Å²) in [4.78, 5) is 23.8. The predicted octanol–water partition coefficient (Wildman–Crippen LogP) is 4.80. The van der Waals surface area contributed by atoms with Gasteiger partial charge in [0.1, 0.15) is 0 Å². The molecule has 1 unspecified atom stereocenters. The summed E-state index contributed by atoms with van der Waals surface area (Å²) in [5.74, 6) is 0.0332. The Bertz CT molecular complexity index is 466. The minimum Gasteiger partial charge on any atom is -0.465 e. The summed E-state index contributed by atoms with van der Waals surface area (Å²) in [5, 5.41) is 2.65. The zero-order chi connectivity index (χ0) is 17.8. The lowest BCUT2D eigenvalue weighted by Gasteiger charge is -2.06. The van der Waals surface area contributed by atoms with E-state index in [1.54, 1.807) is 6.08 Å². The van der Waals surface area contributed by atoms with E-state index in [4.69, 9.17) is 4.74 Å². The van der Waals surface area contributed by atoms with Crippen molar-refractivity contribution in [3.05, 3.63) is 23.6 Å². The molecular formula is C20H33NO3. The van der Waals surface area contributed by atoms with Crippen molar-refractivity contribution in [2.24, 2.45) is 0 Å². The van der Waals surface area contributed by atoms with Crippen LogP contribution >= 0.6 is 0 Å². The molecule has 0 bridgehead atoms. The van der Waals surface area contributed by atoms with Gasteiger partial charge in [0.2, 0.25) is 0 Å². The molecule has 1 fully saturated rings. The molecule has 24 heavy (non-hydrogen) atoms. The molecule has 4 heteroatoms. The highest BCUT2D eigenvalue weighted by molar-refractivity contribution is 6.00. The third kappa shape index (κ3) is 8.32. The van der Waals surface area contributed by atoms with E-state index in [9.17, 15) is 9.59 Å². The van der Waals surface area contributed by atoms with Crippen LogP contribution in [0.15, 0.2) is 23.6 Å². The van der Waals surface area contributed by atoms with Crippen LogP contribution in [0, 0.1) is 0 Å². The second kappa shape index (κ2) is 11.9. The average Bonchev–Trinajstić information content (AvgIpc) is 2.86. The van der Waals surface area contributed by atoms with E-state index in [0.717, 1.165) is 37.7 Å². The van der Waals surface area contributed by atoms with Gasteiger partial charge in [-0.05, 0) is 38.7 Å². The summed E-state index contributed by atoms with van der Waals surface area (Å²) in [5.41, 5.74) is 1.08. The molecule has 0 radical (unpaired) electrons. The highest BCUT2D eigenvalue weighted by Crippen LogP contribution is 2.17. The molecule has 0 spiro atoms. The molecule has 136 valence electrons. The van der Waals surface area contributed by atoms with Crippen LogP contribution in [0.2, 0.25) is 0 Å². The lowest BCUT2D eigenvalue weighted by molar-refractivity contribution is -0.123. The van der Waals surface area contributed by atoms with Gasteiger partial charge in [0.05, 0.1) is 0 Å². The zero-order valence-corrected chi connectivity index (χ0v) is 15.5. The van der Waals surface area contributed by atoms with Crippen LogP contribution in [0.25, 0.3) is 0 Å². The Morgan fingerprint density at radius 1 is 1.08 bits per heavy atom. The van der Waals surface area contributed by atoms with E-state index in [1.165, 1.54) is 31.8 Å². The molecule has 1 amide bonds. The van der Waals surface area contributed by atoms with E-state index in [0.29, 0.717) is 12.3 Å². The van der Waals surface area contributed by atoms with Crippen LogP contribution in [-0.2, 0) is 14.3 Å². The molecule has 1 N–H and O–H groups in total. The van der Waals surface area contributed by atoms with Crippen LogP contribution in [0.5, 0.6) is 0 Å². The third-order valence-corrected chi connectivity index (χ3v) is 4.21. The molecule has 1 rings (SSSR count). The van der Waals surface area contributed by atoms with Gasteiger partial charge in [-0.2, -0.15) is 0 Å². The molecule has 4 nitrogen and oxygen atoms in total. The molecule has 1 heterocycles. The van der Waals surface area contributed by atoms with Gasteiger partial charge < -0.3 is 4.74 Å². The molecule has 0 aliphatic carbocycles. The van der Waals surface area contributed by atoms with Gasteiger partial charge in [0, 0.05) is 6.08 Å². The molecule has 0 aromatic carbocycles. The summed E-state index contributed by atoms with van der Waals surface area (Å²) in [6.07, 6.45) is 13.5. The number of unbranched alkanes of at least 4 members (excludes halogenated alkanes) is 6. The molecule has 1 atom stereocenters. The lowest BCUT2D eigenvalue weighted by atomic mass is 10.1. The maximum absolute atomic E-state index is 12.0. The lowest BCUT2D eigenvalue weighted by Crippen LogP contribution is -2.22. The molecule has 0 aromatic rings. The largest absolute Gasteiger partial charge is 0.465 e. The number of hydrogen-bond donors (Lipinski definition) is 1. The topological polar surface area (TPSA) is 55.4 Å². The first kappa shape index (κ1) is 20.5. The van der Waals surface area contributed by atoms with Crippen molar-refractivity contribution in [2.45, 2.75) is 91.1 Å². The van der Waals surface area contributed by atoms with Gasteiger partial charge in [0.25, 0.3) is 5.91 Å². The fraction of sp³-hybridized carbons (Fsp3) is 0.700. The Kier molecular flexibility index (Phi) is 10.1. The quantitative estimate of drug-likeness (QED) is 0.412. The van der Waals surface area contributed by atoms with Gasteiger partial charge >= 0.3 is 0 Å². The van der Waals surface area contributed by atoms with Crippen molar-refractivity contribution >= 4 is 11.7 Å². The van der Waals surface area contributed by atoms with Gasteiger partial charge in [0.15, 0.2) is 17.8 Å². The van der Waals surface area contributed by atoms with Crippen molar-refractivity contribution in [1.82, 2.24) is 5.32 Å². The summed E-state index contributed by atoms with van der Waals surface area (Å²) in [7, 11) is 0. The smallest absolute Gasteiger partial charge is 0.267 e. The molecular weight excluding hydrogens is 302 g/mol. The number of ether oxygens (including phenoxy) is 1. The first-order valence-corrected chi connectivity index (χ1v) is 9.47. The zero-order valence-electron chi connectivity index (χ0n) is 15.5. The molecule has 1 aliphatic heterocycles. The molecule has 1 aliphatic rings. The number of ketones is 1. The van der Waals surface area contributed by atoms with Gasteiger partial charge in [-0.15, -0.1) is 0 Å². The third-order valence-electron chi connectivity index (χ3n) is 4.21. The van der Waals surface area contributed by atoms with E-state index in [2.05, 4.69) is 19.2 Å². The Labute approximate surface area is 146 Å². The number of carbonyl (C=O) groups is 2. The van der Waals surface area contributed by atoms with Crippen LogP contribution < -0.4 is 5.32 Å². The van der Waals surface area contributed by atoms with Crippen molar-refractivity contribution < 1.29 is 14.3 Å². The highest BCUT2D eigenvalue weighted by Gasteiger charge is 2.29. The second-order valence-corrected chi connectivity index (χ2v) is 6.66. The Morgan fingerprint density at radius 3 is 2.46 bits per heavy atom. The average molecular weight is 335 g/mol. The SMILES string of the molecule is CCCCCCC/C(C)=C/C(=O)/C=C1/NC(=O)C(CCCCC)O1. The minimum absolute atomic E-state index is 0.120. The summed E-state index contributed by atoms with van der Waals surface area (Å²) >= 11 is 0.